The van der Waals surface area contributed by atoms with Gasteiger partial charge in [-0.15, -0.1) is 0 Å². The number of carbonyl (C=O) groups is 1. The van der Waals surface area contributed by atoms with Crippen molar-refractivity contribution in [3.8, 4) is 6.07 Å². The van der Waals surface area contributed by atoms with Crippen molar-refractivity contribution in [3.05, 3.63) is 29.8 Å². The molecule has 1 aromatic carbocycles. The minimum Gasteiger partial charge on any atom is -0.480 e. The Morgan fingerprint density at radius 2 is 2.29 bits per heavy atom. The van der Waals surface area contributed by atoms with E-state index in [4.69, 9.17) is 16.1 Å². The number of para-hydroxylation sites is 1. The molecular weight excluding hydrogens is 218 g/mol. The number of benzene rings is 1. The fourth-order valence-electron chi connectivity index (χ4n) is 2.16. The number of hydrogen-bond acceptors (Lipinski definition) is 4. The topological polar surface area (TPSA) is 99.1 Å². The number of hydrogen-bond donors (Lipinski definition) is 3. The molecule has 0 amide bonds. The van der Waals surface area contributed by atoms with Crippen LogP contribution in [0, 0.1) is 11.3 Å². The Kier molecular flexibility index (Phi) is 2.98. The van der Waals surface area contributed by atoms with Gasteiger partial charge in [0.25, 0.3) is 0 Å². The van der Waals surface area contributed by atoms with Gasteiger partial charge in [-0.2, -0.15) is 5.26 Å². The highest BCUT2D eigenvalue weighted by atomic mass is 16.4. The van der Waals surface area contributed by atoms with E-state index < -0.39 is 18.1 Å². The normalized spacial score (nSPS) is 23.3. The van der Waals surface area contributed by atoms with E-state index in [0.717, 1.165) is 11.3 Å². The maximum atomic E-state index is 10.8. The number of nitrogens with zero attached hydrogens (tertiary/aromatic N) is 1. The van der Waals surface area contributed by atoms with Gasteiger partial charge in [0, 0.05) is 11.6 Å². The molecule has 0 bridgehead atoms. The fourth-order valence-corrected chi connectivity index (χ4v) is 2.16. The number of carboxylic acids is 1. The van der Waals surface area contributed by atoms with Crippen LogP contribution in [0.15, 0.2) is 24.3 Å². The average molecular weight is 231 g/mol. The van der Waals surface area contributed by atoms with Gasteiger partial charge >= 0.3 is 5.97 Å². The van der Waals surface area contributed by atoms with Crippen molar-refractivity contribution in [2.75, 3.05) is 5.32 Å². The van der Waals surface area contributed by atoms with Crippen LogP contribution in [-0.4, -0.2) is 23.2 Å². The van der Waals surface area contributed by atoms with E-state index >= 15 is 0 Å². The third-order valence-electron chi connectivity index (χ3n) is 3.04. The van der Waals surface area contributed by atoms with Gasteiger partial charge < -0.3 is 16.2 Å². The average Bonchev–Trinajstić information content (AvgIpc) is 2.67. The smallest absolute Gasteiger partial charge is 0.320 e. The number of nitriles is 1. The van der Waals surface area contributed by atoms with E-state index in [1.54, 1.807) is 0 Å². The standard InChI is InChI=1S/C12H13N3O2/c13-6-11-8(5-9(14)12(16)17)7-3-1-2-4-10(7)15-11/h1-4,8-9,11,15H,5,14H2,(H,16,17)/t8-,9?,11-/m0/s1. The van der Waals surface area contributed by atoms with E-state index in [2.05, 4.69) is 11.4 Å². The van der Waals surface area contributed by atoms with E-state index in [1.165, 1.54) is 0 Å². The van der Waals surface area contributed by atoms with E-state index in [-0.39, 0.29) is 12.3 Å². The molecule has 17 heavy (non-hydrogen) atoms. The molecule has 0 saturated heterocycles. The molecule has 88 valence electrons. The largest absolute Gasteiger partial charge is 0.480 e. The Labute approximate surface area is 98.9 Å². The summed E-state index contributed by atoms with van der Waals surface area (Å²) in [4.78, 5) is 10.8. The van der Waals surface area contributed by atoms with Crippen LogP contribution >= 0.6 is 0 Å². The number of aliphatic carboxylic acids is 1. The number of nitrogens with one attached hydrogen (secondary N) is 1. The van der Waals surface area contributed by atoms with Crippen LogP contribution in [0.5, 0.6) is 0 Å². The van der Waals surface area contributed by atoms with Crippen LogP contribution in [0.25, 0.3) is 0 Å². The first-order chi connectivity index (χ1) is 8.13. The number of anilines is 1. The lowest BCUT2D eigenvalue weighted by atomic mass is 9.89. The Balaban J connectivity index is 2.25. The quantitative estimate of drug-likeness (QED) is 0.717. The van der Waals surface area contributed by atoms with Crippen LogP contribution in [0.2, 0.25) is 0 Å². The summed E-state index contributed by atoms with van der Waals surface area (Å²) in [6, 6.07) is 8.33. The maximum absolute atomic E-state index is 10.8. The van der Waals surface area contributed by atoms with Gasteiger partial charge in [0.1, 0.15) is 12.1 Å². The summed E-state index contributed by atoms with van der Waals surface area (Å²) < 4.78 is 0. The minimum atomic E-state index is -1.04. The molecule has 1 heterocycles. The molecule has 2 rings (SSSR count). The zero-order valence-corrected chi connectivity index (χ0v) is 9.13. The van der Waals surface area contributed by atoms with Crippen LogP contribution < -0.4 is 11.1 Å². The molecule has 0 radical (unpaired) electrons. The predicted molar refractivity (Wildman–Crippen MR) is 62.4 cm³/mol. The van der Waals surface area contributed by atoms with Gasteiger partial charge in [0.2, 0.25) is 0 Å². The maximum Gasteiger partial charge on any atom is 0.320 e. The molecule has 4 N–H and O–H groups in total. The summed E-state index contributed by atoms with van der Waals surface area (Å²) in [5.41, 5.74) is 7.39. The van der Waals surface area contributed by atoms with E-state index in [9.17, 15) is 4.79 Å². The van der Waals surface area contributed by atoms with Crippen LogP contribution in [-0.2, 0) is 4.79 Å². The highest BCUT2D eigenvalue weighted by Gasteiger charge is 2.34. The first-order valence-corrected chi connectivity index (χ1v) is 5.37. The number of rotatable bonds is 3. The van der Waals surface area contributed by atoms with Crippen molar-refractivity contribution in [2.24, 2.45) is 5.73 Å². The second-order valence-electron chi connectivity index (χ2n) is 4.13. The van der Waals surface area contributed by atoms with E-state index in [0.29, 0.717) is 0 Å². The van der Waals surface area contributed by atoms with Crippen LogP contribution in [0.4, 0.5) is 5.69 Å². The monoisotopic (exact) mass is 231 g/mol. The molecular formula is C12H13N3O2. The van der Waals surface area contributed by atoms with Gasteiger partial charge in [0.15, 0.2) is 0 Å². The van der Waals surface area contributed by atoms with Crippen molar-refractivity contribution in [2.45, 2.75) is 24.4 Å². The summed E-state index contributed by atoms with van der Waals surface area (Å²) >= 11 is 0. The molecule has 5 nitrogen and oxygen atoms in total. The highest BCUT2D eigenvalue weighted by Crippen LogP contribution is 2.38. The SMILES string of the molecule is N#C[C@@H]1Nc2ccccc2[C@@H]1CC(N)C(=O)O. The van der Waals surface area contributed by atoms with Gasteiger partial charge in [-0.25, -0.2) is 0 Å². The van der Waals surface area contributed by atoms with Crippen molar-refractivity contribution < 1.29 is 9.90 Å². The fraction of sp³-hybridized carbons (Fsp3) is 0.333. The predicted octanol–water partition coefficient (Wildman–Crippen LogP) is 0.890. The summed E-state index contributed by atoms with van der Waals surface area (Å²) in [5.74, 6) is -1.20. The lowest BCUT2D eigenvalue weighted by molar-refractivity contribution is -0.138. The first kappa shape index (κ1) is 11.4. The lowest BCUT2D eigenvalue weighted by Gasteiger charge is -2.16. The molecule has 0 aliphatic carbocycles. The molecule has 1 aromatic rings. The second-order valence-corrected chi connectivity index (χ2v) is 4.13. The minimum absolute atomic E-state index is 0.165. The summed E-state index contributed by atoms with van der Waals surface area (Å²) in [5, 5.41) is 20.9. The molecule has 1 aliphatic heterocycles. The van der Waals surface area contributed by atoms with Crippen LogP contribution in [0.1, 0.15) is 17.9 Å². The Morgan fingerprint density at radius 1 is 1.59 bits per heavy atom. The summed E-state index contributed by atoms with van der Waals surface area (Å²) in [6.07, 6.45) is 0.261. The molecule has 0 fully saturated rings. The van der Waals surface area contributed by atoms with Gasteiger partial charge in [-0.1, -0.05) is 18.2 Å². The summed E-state index contributed by atoms with van der Waals surface area (Å²) in [6.45, 7) is 0. The van der Waals surface area contributed by atoms with Gasteiger partial charge in [0.05, 0.1) is 6.07 Å². The van der Waals surface area contributed by atoms with Crippen molar-refractivity contribution >= 4 is 11.7 Å². The van der Waals surface area contributed by atoms with Crippen LogP contribution in [0.3, 0.4) is 0 Å². The Hall–Kier alpha value is -2.06. The molecule has 1 unspecified atom stereocenters. The lowest BCUT2D eigenvalue weighted by Crippen LogP contribution is -2.34. The van der Waals surface area contributed by atoms with Crippen molar-refractivity contribution in [3.63, 3.8) is 0 Å². The molecule has 0 spiro atoms. The zero-order chi connectivity index (χ0) is 12.4. The van der Waals surface area contributed by atoms with Crippen molar-refractivity contribution in [1.29, 1.82) is 5.26 Å². The van der Waals surface area contributed by atoms with Crippen molar-refractivity contribution in [1.82, 2.24) is 0 Å². The zero-order valence-electron chi connectivity index (χ0n) is 9.13. The highest BCUT2D eigenvalue weighted by molar-refractivity contribution is 5.73. The third kappa shape index (κ3) is 2.08. The molecule has 3 atom stereocenters. The second kappa shape index (κ2) is 4.44. The van der Waals surface area contributed by atoms with Gasteiger partial charge in [-0.05, 0) is 18.1 Å². The molecule has 0 saturated carbocycles. The number of fused-ring (bicyclic) bond motifs is 1. The molecule has 0 aromatic heterocycles. The van der Waals surface area contributed by atoms with Gasteiger partial charge in [-0.3, -0.25) is 4.79 Å². The Morgan fingerprint density at radius 3 is 2.94 bits per heavy atom. The summed E-state index contributed by atoms with van der Waals surface area (Å²) in [7, 11) is 0. The molecule has 1 aliphatic rings. The van der Waals surface area contributed by atoms with E-state index in [1.807, 2.05) is 24.3 Å². The first-order valence-electron chi connectivity index (χ1n) is 5.37. The number of carboxylic acid groups (broad SMARTS) is 1. The third-order valence-corrected chi connectivity index (χ3v) is 3.04. The number of nitrogens with two attached hydrogens (primary N) is 1. The molecule has 5 heteroatoms. The Bertz CT molecular complexity index is 481.